The number of hydrogen-bond donors (Lipinski definition) is 0. The summed E-state index contributed by atoms with van der Waals surface area (Å²) in [4.78, 5) is 6.00. The molecule has 0 bridgehead atoms. The first-order chi connectivity index (χ1) is 31.3. The second kappa shape index (κ2) is 26.2. The number of unbranched alkanes of at least 4 members (excludes halogenated alkanes) is 8. The Balaban J connectivity index is 1.71. The van der Waals surface area contributed by atoms with Gasteiger partial charge in [0.15, 0.2) is 0 Å². The van der Waals surface area contributed by atoms with Gasteiger partial charge >= 0.3 is 0 Å². The van der Waals surface area contributed by atoms with Crippen LogP contribution in [0.4, 0.5) is 11.4 Å². The highest BCUT2D eigenvalue weighted by Crippen LogP contribution is 2.50. The molecule has 4 aliphatic rings. The molecule has 0 radical (unpaired) electrons. The summed E-state index contributed by atoms with van der Waals surface area (Å²) in [6.45, 7) is 18.9. The maximum atomic E-state index is 3.00. The van der Waals surface area contributed by atoms with E-state index in [0.717, 1.165) is 25.7 Å². The van der Waals surface area contributed by atoms with Crippen molar-refractivity contribution in [3.63, 3.8) is 0 Å². The number of hydrogen-bond acceptors (Lipinski definition) is 2. The van der Waals surface area contributed by atoms with Gasteiger partial charge in [-0.25, -0.2) is 0 Å². The molecular weight excluding hydrogens is 773 g/mol. The molecule has 0 amide bonds. The molecule has 0 saturated heterocycles. The van der Waals surface area contributed by atoms with Crippen molar-refractivity contribution >= 4 is 11.4 Å². The van der Waals surface area contributed by atoms with Crippen LogP contribution < -0.4 is 9.80 Å². The van der Waals surface area contributed by atoms with E-state index in [4.69, 9.17) is 0 Å². The van der Waals surface area contributed by atoms with Crippen LogP contribution in [0.1, 0.15) is 235 Å². The van der Waals surface area contributed by atoms with E-state index in [1.165, 1.54) is 188 Å². The minimum Gasteiger partial charge on any atom is -0.353 e. The van der Waals surface area contributed by atoms with Gasteiger partial charge in [0.2, 0.25) is 0 Å². The second-order valence-electron chi connectivity index (χ2n) is 20.7. The van der Waals surface area contributed by atoms with Crippen molar-refractivity contribution in [3.8, 4) is 0 Å². The zero-order chi connectivity index (χ0) is 45.7. The number of benzene rings is 1. The first-order valence-corrected chi connectivity index (χ1v) is 27.5. The molecule has 64 heavy (non-hydrogen) atoms. The minimum atomic E-state index is -0.0813. The third-order valence-corrected chi connectivity index (χ3v) is 15.6. The fourth-order valence-corrected chi connectivity index (χ4v) is 11.5. The Morgan fingerprint density at radius 3 is 0.719 bits per heavy atom. The summed E-state index contributed by atoms with van der Waals surface area (Å²) in [6.07, 6.45) is 65.2. The third kappa shape index (κ3) is 13.0. The Bertz CT molecular complexity index is 1560. The molecule has 0 aromatic heterocycles. The lowest BCUT2D eigenvalue weighted by molar-refractivity contribution is 0.310. The predicted octanol–water partition coefficient (Wildman–Crippen LogP) is 19.3. The molecule has 0 spiro atoms. The summed E-state index contributed by atoms with van der Waals surface area (Å²) in [5.74, 6) is 0. The van der Waals surface area contributed by atoms with Gasteiger partial charge in [-0.2, -0.15) is 0 Å². The molecule has 4 aliphatic carbocycles. The molecular formula is C62H96N2. The molecule has 0 saturated carbocycles. The predicted molar refractivity (Wildman–Crippen MR) is 286 cm³/mol. The molecule has 5 rings (SSSR count). The SMILES string of the molecule is CCCCC1=CCC(CCCC)(N(c2ccc(N(C3(CCCC)C=CC(CCCC)=CC3)C3(CCCC)C=CC(CCCC)=CC3)cc2)C2(CCCC)C=CC(CCCC)=CC2)C=C1. The van der Waals surface area contributed by atoms with E-state index in [0.29, 0.717) is 0 Å². The van der Waals surface area contributed by atoms with E-state index in [9.17, 15) is 0 Å². The van der Waals surface area contributed by atoms with Gasteiger partial charge in [0.05, 0.1) is 22.2 Å². The summed E-state index contributed by atoms with van der Waals surface area (Å²) >= 11 is 0. The lowest BCUT2D eigenvalue weighted by atomic mass is 9.73. The maximum Gasteiger partial charge on any atom is 0.0631 e. The van der Waals surface area contributed by atoms with Crippen LogP contribution in [0.3, 0.4) is 0 Å². The van der Waals surface area contributed by atoms with Crippen molar-refractivity contribution in [1.29, 1.82) is 0 Å². The standard InChI is InChI=1S/C62H96N2/c1-9-17-25-53-33-45-59(46-34-53,41-21-13-5)63(60(42-22-14-6)47-35-54(36-48-60)26-18-10-2)57-29-31-58(32-30-57)64(61(43-23-15-7)49-37-55(38-50-61)27-19-11-3)62(44-24-16-8)51-39-56(40-52-62)28-20-12-4/h29-40,45,47,49,51H,9-28,41-44,46,48,50,52H2,1-8H3. The van der Waals surface area contributed by atoms with E-state index in [-0.39, 0.29) is 22.2 Å². The van der Waals surface area contributed by atoms with Crippen LogP contribution in [0, 0.1) is 0 Å². The van der Waals surface area contributed by atoms with Crippen LogP contribution in [0.15, 0.2) is 119 Å². The first kappa shape index (κ1) is 51.7. The molecule has 4 atom stereocenters. The number of anilines is 2. The minimum absolute atomic E-state index is 0.0813. The van der Waals surface area contributed by atoms with Crippen molar-refractivity contribution < 1.29 is 0 Å². The lowest BCUT2D eigenvalue weighted by Gasteiger charge is -2.57. The fraction of sp³-hybridized carbons (Fsp3) is 0.645. The molecule has 0 fully saturated rings. The molecule has 2 heteroatoms. The Labute approximate surface area is 396 Å². The Morgan fingerprint density at radius 1 is 0.328 bits per heavy atom. The quantitative estimate of drug-likeness (QED) is 0.0760. The van der Waals surface area contributed by atoms with Crippen molar-refractivity contribution in [1.82, 2.24) is 0 Å². The van der Waals surface area contributed by atoms with Crippen LogP contribution in [-0.2, 0) is 0 Å². The first-order valence-electron chi connectivity index (χ1n) is 27.5. The smallest absolute Gasteiger partial charge is 0.0631 e. The van der Waals surface area contributed by atoms with Gasteiger partial charge in [-0.1, -0.05) is 228 Å². The molecule has 1 aromatic rings. The lowest BCUT2D eigenvalue weighted by Crippen LogP contribution is -2.61. The maximum absolute atomic E-state index is 3.00. The Morgan fingerprint density at radius 2 is 0.547 bits per heavy atom. The fourth-order valence-electron chi connectivity index (χ4n) is 11.5. The van der Waals surface area contributed by atoms with E-state index in [1.54, 1.807) is 0 Å². The number of rotatable bonds is 30. The zero-order valence-corrected chi connectivity index (χ0v) is 42.9. The summed E-state index contributed by atoms with van der Waals surface area (Å²) in [6, 6.07) is 10.3. The van der Waals surface area contributed by atoms with Gasteiger partial charge in [-0.3, -0.25) is 0 Å². The molecule has 1 aromatic carbocycles. The average Bonchev–Trinajstić information content (AvgIpc) is 3.33. The van der Waals surface area contributed by atoms with Gasteiger partial charge in [0.25, 0.3) is 0 Å². The molecule has 0 heterocycles. The third-order valence-electron chi connectivity index (χ3n) is 15.6. The highest BCUT2D eigenvalue weighted by molar-refractivity contribution is 5.66. The molecule has 0 N–H and O–H groups in total. The highest BCUT2D eigenvalue weighted by atomic mass is 15.3. The van der Waals surface area contributed by atoms with Crippen LogP contribution in [0.5, 0.6) is 0 Å². The highest BCUT2D eigenvalue weighted by Gasteiger charge is 2.48. The van der Waals surface area contributed by atoms with E-state index in [2.05, 4.69) is 162 Å². The van der Waals surface area contributed by atoms with Gasteiger partial charge in [-0.15, -0.1) is 0 Å². The van der Waals surface area contributed by atoms with Gasteiger partial charge in [0.1, 0.15) is 0 Å². The zero-order valence-electron chi connectivity index (χ0n) is 42.9. The van der Waals surface area contributed by atoms with Crippen LogP contribution >= 0.6 is 0 Å². The summed E-state index contributed by atoms with van der Waals surface area (Å²) in [7, 11) is 0. The van der Waals surface area contributed by atoms with Crippen LogP contribution in [-0.4, -0.2) is 22.2 Å². The summed E-state index contributed by atoms with van der Waals surface area (Å²) in [5.41, 5.74) is 8.63. The Kier molecular flexibility index (Phi) is 21.2. The Hall–Kier alpha value is -3.26. The normalized spacial score (nSPS) is 25.2. The topological polar surface area (TPSA) is 6.48 Å². The molecule has 0 aliphatic heterocycles. The second-order valence-corrected chi connectivity index (χ2v) is 20.7. The number of allylic oxidation sites excluding steroid dienone is 8. The van der Waals surface area contributed by atoms with Crippen LogP contribution in [0.2, 0.25) is 0 Å². The molecule has 2 nitrogen and oxygen atoms in total. The summed E-state index contributed by atoms with van der Waals surface area (Å²) in [5, 5.41) is 0. The van der Waals surface area contributed by atoms with E-state index >= 15 is 0 Å². The largest absolute Gasteiger partial charge is 0.353 e. The van der Waals surface area contributed by atoms with E-state index < -0.39 is 0 Å². The van der Waals surface area contributed by atoms with E-state index in [1.807, 2.05) is 0 Å². The van der Waals surface area contributed by atoms with Gasteiger partial charge < -0.3 is 9.80 Å². The summed E-state index contributed by atoms with van der Waals surface area (Å²) < 4.78 is 0. The van der Waals surface area contributed by atoms with Crippen LogP contribution in [0.25, 0.3) is 0 Å². The van der Waals surface area contributed by atoms with Crippen molar-refractivity contribution in [2.45, 2.75) is 257 Å². The van der Waals surface area contributed by atoms with Gasteiger partial charge in [0, 0.05) is 11.4 Å². The monoisotopic (exact) mass is 869 g/mol. The van der Waals surface area contributed by atoms with Gasteiger partial charge in [-0.05, 0) is 127 Å². The number of nitrogens with zero attached hydrogens (tertiary/aromatic N) is 2. The van der Waals surface area contributed by atoms with Crippen molar-refractivity contribution in [2.75, 3.05) is 9.80 Å². The molecule has 354 valence electrons. The molecule has 4 unspecified atom stereocenters. The average molecular weight is 869 g/mol. The van der Waals surface area contributed by atoms with Crippen molar-refractivity contribution in [2.24, 2.45) is 0 Å². The van der Waals surface area contributed by atoms with Crippen molar-refractivity contribution in [3.05, 3.63) is 119 Å².